The van der Waals surface area contributed by atoms with Crippen LogP contribution in [0.15, 0.2) is 36.4 Å². The van der Waals surface area contributed by atoms with Crippen LogP contribution in [0.4, 0.5) is 29.3 Å². The lowest BCUT2D eigenvalue weighted by atomic mass is 9.90. The summed E-state index contributed by atoms with van der Waals surface area (Å²) in [5.74, 6) is -1.30. The molecular formula is C35H44ClF3N6O3. The first-order valence-corrected chi connectivity index (χ1v) is 17.5. The van der Waals surface area contributed by atoms with E-state index < -0.39 is 23.3 Å². The van der Waals surface area contributed by atoms with E-state index in [-0.39, 0.29) is 53.4 Å². The van der Waals surface area contributed by atoms with Crippen molar-refractivity contribution in [1.29, 1.82) is 0 Å². The van der Waals surface area contributed by atoms with Crippen LogP contribution < -0.4 is 11.1 Å². The van der Waals surface area contributed by atoms with Crippen molar-refractivity contribution in [3.63, 3.8) is 0 Å². The lowest BCUT2D eigenvalue weighted by Crippen LogP contribution is -2.62. The quantitative estimate of drug-likeness (QED) is 0.366. The Morgan fingerprint density at radius 2 is 1.62 bits per heavy atom. The maximum Gasteiger partial charge on any atom is 0.418 e. The lowest BCUT2D eigenvalue weighted by Gasteiger charge is -2.46. The summed E-state index contributed by atoms with van der Waals surface area (Å²) in [6.45, 7) is 4.53. The van der Waals surface area contributed by atoms with Crippen LogP contribution in [0.2, 0.25) is 5.02 Å². The summed E-state index contributed by atoms with van der Waals surface area (Å²) in [6, 6.07) is 10.1. The number of rotatable bonds is 7. The highest BCUT2D eigenvalue weighted by atomic mass is 35.5. The Labute approximate surface area is 284 Å². The van der Waals surface area contributed by atoms with E-state index in [0.717, 1.165) is 49.7 Å². The van der Waals surface area contributed by atoms with Gasteiger partial charge in [-0.1, -0.05) is 42.6 Å². The number of halogens is 4. The predicted molar refractivity (Wildman–Crippen MR) is 179 cm³/mol. The molecule has 0 unspecified atom stereocenters. The minimum absolute atomic E-state index is 0.0319. The van der Waals surface area contributed by atoms with Gasteiger partial charge in [-0.25, -0.2) is 4.79 Å². The molecular weight excluding hydrogens is 645 g/mol. The number of fused-ring (bicyclic) bond motifs is 1. The fourth-order valence-electron chi connectivity index (χ4n) is 7.65. The van der Waals surface area contributed by atoms with E-state index in [4.69, 9.17) is 17.3 Å². The third-order valence-corrected chi connectivity index (χ3v) is 10.8. The van der Waals surface area contributed by atoms with Crippen molar-refractivity contribution in [2.24, 2.45) is 5.92 Å². The number of nitrogen functional groups attached to an aromatic ring is 1. The maximum absolute atomic E-state index is 13.9. The van der Waals surface area contributed by atoms with Gasteiger partial charge in [-0.2, -0.15) is 13.2 Å². The molecule has 48 heavy (non-hydrogen) atoms. The minimum Gasteiger partial charge on any atom is -0.397 e. The van der Waals surface area contributed by atoms with Gasteiger partial charge in [0.25, 0.3) is 0 Å². The normalized spacial score (nSPS) is 20.8. The molecule has 3 N–H and O–H groups in total. The molecule has 0 bridgehead atoms. The second-order valence-electron chi connectivity index (χ2n) is 13.6. The Hall–Kier alpha value is -3.51. The van der Waals surface area contributed by atoms with Crippen LogP contribution in [0.1, 0.15) is 61.6 Å². The fraction of sp³-hybridized carbons (Fsp3) is 0.571. The zero-order chi connectivity index (χ0) is 34.0. The molecule has 1 atom stereocenters. The van der Waals surface area contributed by atoms with Gasteiger partial charge < -0.3 is 25.8 Å². The Kier molecular flexibility index (Phi) is 10.4. The molecule has 0 aliphatic carbocycles. The zero-order valence-electron chi connectivity index (χ0n) is 27.1. The van der Waals surface area contributed by atoms with Crippen molar-refractivity contribution in [3.8, 4) is 0 Å². The molecule has 3 fully saturated rings. The number of nitrogens with zero attached hydrogens (tertiary/aromatic N) is 4. The van der Waals surface area contributed by atoms with Gasteiger partial charge in [-0.3, -0.25) is 14.5 Å². The number of alkyl halides is 3. The molecule has 2 aromatic carbocycles. The Morgan fingerprint density at radius 3 is 2.31 bits per heavy atom. The zero-order valence-corrected chi connectivity index (χ0v) is 27.9. The number of likely N-dealkylation sites (tertiary alicyclic amines) is 3. The average molecular weight is 689 g/mol. The van der Waals surface area contributed by atoms with Crippen molar-refractivity contribution in [2.45, 2.75) is 76.0 Å². The molecule has 0 saturated carbocycles. The lowest BCUT2D eigenvalue weighted by molar-refractivity contribution is -0.147. The molecule has 4 heterocycles. The molecule has 260 valence electrons. The van der Waals surface area contributed by atoms with Crippen LogP contribution in [0, 0.1) is 5.92 Å². The number of nitrogens with one attached hydrogen (secondary N) is 1. The standard InChI is InChI=1S/C35H44ClF3N6O3/c36-29-19-23(18-28(32(29)40)35(37,38)39)17-25(33(47)44-21-27(22-44)42-12-5-1-2-6-13-42)20-31(46)43-14-10-26(11-15-43)45-16-9-24-7-3-4-8-30(24)41-34(45)48/h3-4,7-8,18-19,25-27H,1-2,5-6,9-17,20-22,40H2,(H,41,48)/t25-/m0/s1. The largest absolute Gasteiger partial charge is 0.418 e. The topological polar surface area (TPSA) is 102 Å². The summed E-state index contributed by atoms with van der Waals surface area (Å²) in [5, 5.41) is 2.78. The van der Waals surface area contributed by atoms with E-state index >= 15 is 0 Å². The number of amides is 4. The SMILES string of the molecule is Nc1c(Cl)cc(C[C@@H](CC(=O)N2CCC(N3CCc4ccccc4NC3=O)CC2)C(=O)N2CC(N3CCCCCC3)C2)cc1C(F)(F)F. The van der Waals surface area contributed by atoms with Crippen LogP contribution in [0.25, 0.3) is 0 Å². The Morgan fingerprint density at radius 1 is 0.938 bits per heavy atom. The summed E-state index contributed by atoms with van der Waals surface area (Å²) < 4.78 is 41.3. The van der Waals surface area contributed by atoms with E-state index in [1.165, 1.54) is 18.9 Å². The number of nitrogens with two attached hydrogens (primary N) is 1. The van der Waals surface area contributed by atoms with Gasteiger partial charge in [0, 0.05) is 56.9 Å². The van der Waals surface area contributed by atoms with E-state index in [1.54, 1.807) is 9.80 Å². The molecule has 6 rings (SSSR count). The molecule has 0 spiro atoms. The van der Waals surface area contributed by atoms with Crippen molar-refractivity contribution in [3.05, 3.63) is 58.1 Å². The van der Waals surface area contributed by atoms with Crippen molar-refractivity contribution in [2.75, 3.05) is 56.9 Å². The number of benzene rings is 2. The van der Waals surface area contributed by atoms with Gasteiger partial charge in [0.15, 0.2) is 0 Å². The molecule has 3 saturated heterocycles. The molecule has 4 aliphatic rings. The molecule has 4 aliphatic heterocycles. The smallest absolute Gasteiger partial charge is 0.397 e. The predicted octanol–water partition coefficient (Wildman–Crippen LogP) is 5.66. The molecule has 2 aromatic rings. The van der Waals surface area contributed by atoms with Gasteiger partial charge in [0.1, 0.15) is 0 Å². The number of hydrogen-bond donors (Lipinski definition) is 2. The Bertz CT molecular complexity index is 1500. The molecule has 9 nitrogen and oxygen atoms in total. The second-order valence-corrected chi connectivity index (χ2v) is 14.0. The van der Waals surface area contributed by atoms with Crippen LogP contribution >= 0.6 is 11.6 Å². The molecule has 0 radical (unpaired) electrons. The monoisotopic (exact) mass is 688 g/mol. The number of anilines is 2. The minimum atomic E-state index is -4.71. The third kappa shape index (κ3) is 7.70. The first-order chi connectivity index (χ1) is 23.0. The van der Waals surface area contributed by atoms with Crippen LogP contribution in [-0.4, -0.2) is 95.3 Å². The van der Waals surface area contributed by atoms with E-state index in [9.17, 15) is 27.6 Å². The number of carbonyl (C=O) groups is 3. The van der Waals surface area contributed by atoms with E-state index in [2.05, 4.69) is 10.2 Å². The van der Waals surface area contributed by atoms with Gasteiger partial charge in [-0.05, 0) is 80.9 Å². The van der Waals surface area contributed by atoms with Gasteiger partial charge in [0.05, 0.1) is 22.2 Å². The van der Waals surface area contributed by atoms with Crippen molar-refractivity contribution in [1.82, 2.24) is 19.6 Å². The summed E-state index contributed by atoms with van der Waals surface area (Å²) in [4.78, 5) is 48.4. The first-order valence-electron chi connectivity index (χ1n) is 17.1. The Balaban J connectivity index is 1.12. The number of piperidine rings is 1. The third-order valence-electron chi connectivity index (χ3n) is 10.5. The van der Waals surface area contributed by atoms with Gasteiger partial charge in [0.2, 0.25) is 11.8 Å². The summed E-state index contributed by atoms with van der Waals surface area (Å²) in [5.41, 5.74) is 6.18. The van der Waals surface area contributed by atoms with Gasteiger partial charge in [-0.15, -0.1) is 0 Å². The van der Waals surface area contributed by atoms with Crippen LogP contribution in [-0.2, 0) is 28.6 Å². The van der Waals surface area contributed by atoms with Crippen molar-refractivity contribution < 1.29 is 27.6 Å². The van der Waals surface area contributed by atoms with E-state index in [0.29, 0.717) is 45.6 Å². The maximum atomic E-state index is 13.9. The average Bonchev–Trinajstić information content (AvgIpc) is 3.40. The fourth-order valence-corrected chi connectivity index (χ4v) is 7.89. The number of urea groups is 1. The first kappa shape index (κ1) is 34.4. The van der Waals surface area contributed by atoms with E-state index in [1.807, 2.05) is 29.2 Å². The van der Waals surface area contributed by atoms with Crippen LogP contribution in [0.5, 0.6) is 0 Å². The highest BCUT2D eigenvalue weighted by Crippen LogP contribution is 2.39. The second kappa shape index (κ2) is 14.5. The highest BCUT2D eigenvalue weighted by molar-refractivity contribution is 6.33. The molecule has 13 heteroatoms. The molecule has 0 aromatic heterocycles. The highest BCUT2D eigenvalue weighted by Gasteiger charge is 2.40. The van der Waals surface area contributed by atoms with Gasteiger partial charge >= 0.3 is 12.2 Å². The van der Waals surface area contributed by atoms with Crippen molar-refractivity contribution >= 4 is 40.8 Å². The number of carbonyl (C=O) groups excluding carboxylic acids is 3. The number of hydrogen-bond acceptors (Lipinski definition) is 5. The summed E-state index contributed by atoms with van der Waals surface area (Å²) >= 11 is 6.13. The summed E-state index contributed by atoms with van der Waals surface area (Å²) in [7, 11) is 0. The molecule has 4 amide bonds. The summed E-state index contributed by atoms with van der Waals surface area (Å²) in [6.07, 6.45) is 1.70. The number of para-hydroxylation sites is 1. The van der Waals surface area contributed by atoms with Crippen LogP contribution in [0.3, 0.4) is 0 Å².